The Hall–Kier alpha value is -1.24. The van der Waals surface area contributed by atoms with Gasteiger partial charge in [0.15, 0.2) is 0 Å². The minimum atomic E-state index is -1.42. The summed E-state index contributed by atoms with van der Waals surface area (Å²) in [5, 5.41) is 6.17. The summed E-state index contributed by atoms with van der Waals surface area (Å²) < 4.78 is 16.5. The summed E-state index contributed by atoms with van der Waals surface area (Å²) in [5.41, 5.74) is 2.15. The maximum Gasteiger partial charge on any atom is 0.236 e. The van der Waals surface area contributed by atoms with Gasteiger partial charge in [0, 0.05) is 10.9 Å². The Morgan fingerprint density at radius 2 is 2.05 bits per heavy atom. The molecular formula is C15H20ClN3O2S. The summed E-state index contributed by atoms with van der Waals surface area (Å²) in [5.74, 6) is 0.467. The van der Waals surface area contributed by atoms with Crippen LogP contribution < -0.4 is 9.88 Å². The second-order valence-electron chi connectivity index (χ2n) is 5.91. The van der Waals surface area contributed by atoms with Crippen LogP contribution in [0.2, 0.25) is 5.02 Å². The van der Waals surface area contributed by atoms with E-state index >= 15 is 0 Å². The third-order valence-electron chi connectivity index (χ3n) is 3.62. The van der Waals surface area contributed by atoms with E-state index in [1.54, 1.807) is 25.3 Å². The molecule has 120 valence electrons. The molecule has 2 atom stereocenters. The molecule has 0 aliphatic heterocycles. The Morgan fingerprint density at radius 3 is 2.64 bits per heavy atom. The monoisotopic (exact) mass is 341 g/mol. The van der Waals surface area contributed by atoms with Crippen molar-refractivity contribution in [3.8, 4) is 5.88 Å². The quantitative estimate of drug-likeness (QED) is 0.905. The third kappa shape index (κ3) is 3.56. The number of nitrogens with zero attached hydrogens (tertiary/aromatic N) is 2. The van der Waals surface area contributed by atoms with Gasteiger partial charge in [-0.25, -0.2) is 14.2 Å². The second-order valence-corrected chi connectivity index (χ2v) is 8.05. The van der Waals surface area contributed by atoms with Crippen LogP contribution in [0, 0.1) is 0 Å². The number of hydrogen-bond donors (Lipinski definition) is 1. The average molecular weight is 342 g/mol. The Bertz CT molecular complexity index is 721. The van der Waals surface area contributed by atoms with E-state index in [4.69, 9.17) is 21.5 Å². The van der Waals surface area contributed by atoms with E-state index in [1.165, 1.54) is 0 Å². The minimum absolute atomic E-state index is 0.00617. The summed E-state index contributed by atoms with van der Waals surface area (Å²) in [6.45, 7) is 5.74. The molecule has 5 nitrogen and oxygen atoms in total. The minimum Gasteiger partial charge on any atom is -0.480 e. The molecule has 1 aromatic carbocycles. The molecule has 0 amide bonds. The fraction of sp³-hybridized carbons (Fsp3) is 0.467. The van der Waals surface area contributed by atoms with E-state index in [9.17, 15) is 4.21 Å². The first-order valence-corrected chi connectivity index (χ1v) is 8.51. The van der Waals surface area contributed by atoms with Gasteiger partial charge in [0.25, 0.3) is 0 Å². The maximum atomic E-state index is 11.6. The van der Waals surface area contributed by atoms with Gasteiger partial charge in [-0.3, -0.25) is 5.14 Å². The van der Waals surface area contributed by atoms with Gasteiger partial charge in [-0.1, -0.05) is 18.5 Å². The highest BCUT2D eigenvalue weighted by Gasteiger charge is 2.29. The molecule has 2 rings (SSSR count). The molecule has 7 heteroatoms. The highest BCUT2D eigenvalue weighted by atomic mass is 35.5. The van der Waals surface area contributed by atoms with Crippen molar-refractivity contribution < 1.29 is 8.95 Å². The standard InChI is InChI=1S/C15H20ClN3O2S/c1-9(8-15(2,3)22(17)20)13-14(21-4)19-11-6-5-10(16)7-12(11)18-13/h5-7,9H,8,17H2,1-4H3/t9-,22?/m0/s1. The summed E-state index contributed by atoms with van der Waals surface area (Å²) >= 11 is 6.02. The zero-order chi connectivity index (χ0) is 16.5. The lowest BCUT2D eigenvalue weighted by Gasteiger charge is -2.25. The van der Waals surface area contributed by atoms with Crippen LogP contribution in [0.4, 0.5) is 0 Å². The zero-order valence-corrected chi connectivity index (χ0v) is 14.7. The van der Waals surface area contributed by atoms with Crippen LogP contribution in [-0.2, 0) is 11.0 Å². The first kappa shape index (κ1) is 17.1. The maximum absolute atomic E-state index is 11.6. The van der Waals surface area contributed by atoms with Crippen LogP contribution in [0.15, 0.2) is 18.2 Å². The molecule has 1 aromatic heterocycles. The lowest BCUT2D eigenvalue weighted by Crippen LogP contribution is -2.33. The van der Waals surface area contributed by atoms with E-state index in [0.717, 1.165) is 11.2 Å². The van der Waals surface area contributed by atoms with Gasteiger partial charge in [-0.05, 0) is 38.5 Å². The first-order valence-electron chi connectivity index (χ1n) is 6.92. The van der Waals surface area contributed by atoms with Crippen LogP contribution in [-0.4, -0.2) is 26.0 Å². The van der Waals surface area contributed by atoms with Crippen molar-refractivity contribution in [2.75, 3.05) is 7.11 Å². The Balaban J connectivity index is 2.46. The number of halogens is 1. The summed E-state index contributed by atoms with van der Waals surface area (Å²) in [4.78, 5) is 9.12. The number of rotatable bonds is 5. The lowest BCUT2D eigenvalue weighted by atomic mass is 9.95. The summed E-state index contributed by atoms with van der Waals surface area (Å²) in [6, 6.07) is 5.34. The molecule has 0 radical (unpaired) electrons. The molecule has 1 unspecified atom stereocenters. The van der Waals surface area contributed by atoms with Crippen molar-refractivity contribution in [3.63, 3.8) is 0 Å². The van der Waals surface area contributed by atoms with Gasteiger partial charge >= 0.3 is 0 Å². The number of methoxy groups -OCH3 is 1. The van der Waals surface area contributed by atoms with Crippen molar-refractivity contribution in [2.24, 2.45) is 5.14 Å². The van der Waals surface area contributed by atoms with Crippen LogP contribution in [0.1, 0.15) is 38.8 Å². The van der Waals surface area contributed by atoms with E-state index in [-0.39, 0.29) is 5.92 Å². The van der Waals surface area contributed by atoms with Crippen molar-refractivity contribution in [2.45, 2.75) is 37.9 Å². The number of fused-ring (bicyclic) bond motifs is 1. The fourth-order valence-corrected chi connectivity index (χ4v) is 2.99. The normalized spacial score (nSPS) is 14.8. The van der Waals surface area contributed by atoms with Crippen LogP contribution in [0.25, 0.3) is 11.0 Å². The van der Waals surface area contributed by atoms with Crippen LogP contribution in [0.3, 0.4) is 0 Å². The van der Waals surface area contributed by atoms with Gasteiger partial charge in [0.2, 0.25) is 5.88 Å². The molecule has 0 bridgehead atoms. The molecule has 2 N–H and O–H groups in total. The smallest absolute Gasteiger partial charge is 0.236 e. The molecule has 0 fully saturated rings. The zero-order valence-electron chi connectivity index (χ0n) is 13.1. The molecule has 22 heavy (non-hydrogen) atoms. The number of benzene rings is 1. The van der Waals surface area contributed by atoms with Crippen molar-refractivity contribution in [1.82, 2.24) is 9.97 Å². The first-order chi connectivity index (χ1) is 10.2. The van der Waals surface area contributed by atoms with Crippen LogP contribution in [0.5, 0.6) is 5.88 Å². The third-order valence-corrected chi connectivity index (χ3v) is 5.11. The number of nitrogens with two attached hydrogens (primary N) is 1. The Morgan fingerprint density at radius 1 is 1.36 bits per heavy atom. The van der Waals surface area contributed by atoms with Crippen LogP contribution >= 0.6 is 11.6 Å². The molecule has 0 saturated heterocycles. The Labute approximate surface area is 137 Å². The fourth-order valence-electron chi connectivity index (χ4n) is 2.41. The van der Waals surface area contributed by atoms with Gasteiger partial charge < -0.3 is 4.74 Å². The number of hydrogen-bond acceptors (Lipinski definition) is 4. The molecule has 0 aliphatic carbocycles. The molecule has 0 aliphatic rings. The number of aromatic nitrogens is 2. The van der Waals surface area contributed by atoms with E-state index in [0.29, 0.717) is 22.8 Å². The molecular weight excluding hydrogens is 322 g/mol. The molecule has 0 spiro atoms. The van der Waals surface area contributed by atoms with Crippen molar-refractivity contribution >= 4 is 33.6 Å². The predicted molar refractivity (Wildman–Crippen MR) is 90.5 cm³/mol. The second kappa shape index (κ2) is 6.48. The number of ether oxygens (including phenoxy) is 1. The predicted octanol–water partition coefficient (Wildman–Crippen LogP) is 3.19. The largest absolute Gasteiger partial charge is 0.480 e. The highest BCUT2D eigenvalue weighted by molar-refractivity contribution is 7.84. The van der Waals surface area contributed by atoms with Crippen molar-refractivity contribution in [3.05, 3.63) is 28.9 Å². The molecule has 1 heterocycles. The average Bonchev–Trinajstić information content (AvgIpc) is 2.45. The summed E-state index contributed by atoms with van der Waals surface area (Å²) in [7, 11) is 0.144. The highest BCUT2D eigenvalue weighted by Crippen LogP contribution is 2.33. The van der Waals surface area contributed by atoms with E-state index in [1.807, 2.05) is 20.8 Å². The molecule has 0 saturated carbocycles. The topological polar surface area (TPSA) is 78.1 Å². The van der Waals surface area contributed by atoms with Gasteiger partial charge in [0.05, 0.1) is 33.9 Å². The van der Waals surface area contributed by atoms with Crippen molar-refractivity contribution in [1.29, 1.82) is 0 Å². The SMILES string of the molecule is COc1nc2ccc(Cl)cc2nc1[C@@H](C)CC(C)(C)S(N)=O. The lowest BCUT2D eigenvalue weighted by molar-refractivity contribution is 0.384. The Kier molecular flexibility index (Phi) is 5.04. The summed E-state index contributed by atoms with van der Waals surface area (Å²) in [6.07, 6.45) is 0.604. The van der Waals surface area contributed by atoms with Gasteiger partial charge in [-0.2, -0.15) is 0 Å². The van der Waals surface area contributed by atoms with E-state index < -0.39 is 15.7 Å². The van der Waals surface area contributed by atoms with Gasteiger partial charge in [-0.15, -0.1) is 0 Å². The van der Waals surface area contributed by atoms with Gasteiger partial charge in [0.1, 0.15) is 5.69 Å². The molecule has 2 aromatic rings. The van der Waals surface area contributed by atoms with E-state index in [2.05, 4.69) is 9.97 Å².